The minimum atomic E-state index is -0.527. The van der Waals surface area contributed by atoms with Crippen molar-refractivity contribution in [1.82, 2.24) is 4.98 Å². The van der Waals surface area contributed by atoms with Crippen LogP contribution in [0, 0.1) is 0 Å². The molecule has 0 atom stereocenters. The van der Waals surface area contributed by atoms with Gasteiger partial charge in [0.25, 0.3) is 5.91 Å². The summed E-state index contributed by atoms with van der Waals surface area (Å²) in [7, 11) is 3.01. The Kier molecular flexibility index (Phi) is 5.01. The number of carbonyl (C=O) groups excluding carboxylic acids is 1. The van der Waals surface area contributed by atoms with Gasteiger partial charge in [-0.1, -0.05) is 6.07 Å². The molecular formula is C21H16N2O5S. The van der Waals surface area contributed by atoms with Gasteiger partial charge in [0, 0.05) is 23.4 Å². The smallest absolute Gasteiger partial charge is 0.347 e. The van der Waals surface area contributed by atoms with Crippen LogP contribution in [0.15, 0.2) is 63.1 Å². The van der Waals surface area contributed by atoms with E-state index in [4.69, 9.17) is 13.9 Å². The van der Waals surface area contributed by atoms with E-state index in [9.17, 15) is 9.59 Å². The fourth-order valence-corrected chi connectivity index (χ4v) is 3.44. The molecule has 0 saturated heterocycles. The van der Waals surface area contributed by atoms with Crippen LogP contribution >= 0.6 is 11.3 Å². The monoisotopic (exact) mass is 408 g/mol. The molecule has 2 aromatic heterocycles. The average molecular weight is 408 g/mol. The first-order valence-corrected chi connectivity index (χ1v) is 9.49. The number of methoxy groups -OCH3 is 2. The van der Waals surface area contributed by atoms with Crippen LogP contribution in [0.25, 0.3) is 22.4 Å². The van der Waals surface area contributed by atoms with E-state index in [-0.39, 0.29) is 11.8 Å². The lowest BCUT2D eigenvalue weighted by Gasteiger charge is -2.09. The highest BCUT2D eigenvalue weighted by molar-refractivity contribution is 7.12. The topological polar surface area (TPSA) is 90.7 Å². The van der Waals surface area contributed by atoms with Gasteiger partial charge in [-0.05, 0) is 35.7 Å². The van der Waals surface area contributed by atoms with Crippen molar-refractivity contribution in [3.63, 3.8) is 0 Å². The Morgan fingerprint density at radius 1 is 1.07 bits per heavy atom. The van der Waals surface area contributed by atoms with Gasteiger partial charge in [0.15, 0.2) is 11.5 Å². The van der Waals surface area contributed by atoms with E-state index in [2.05, 4.69) is 10.3 Å². The minimum Gasteiger partial charge on any atom is -0.493 e. The molecule has 8 heteroatoms. The fraction of sp³-hybridized carbons (Fsp3) is 0.0952. The number of amides is 1. The van der Waals surface area contributed by atoms with Gasteiger partial charge >= 0.3 is 5.63 Å². The fourth-order valence-electron chi connectivity index (χ4n) is 2.82. The lowest BCUT2D eigenvalue weighted by Crippen LogP contribution is -2.09. The Morgan fingerprint density at radius 2 is 1.79 bits per heavy atom. The molecule has 4 rings (SSSR count). The number of nitrogens with zero attached hydrogens (tertiary/aromatic N) is 1. The summed E-state index contributed by atoms with van der Waals surface area (Å²) in [5, 5.41) is 4.96. The number of aromatic nitrogens is 1. The molecule has 0 spiro atoms. The van der Waals surface area contributed by atoms with Crippen molar-refractivity contribution in [3.05, 3.63) is 69.2 Å². The number of fused-ring (bicyclic) bond motifs is 1. The molecule has 29 heavy (non-hydrogen) atoms. The number of rotatable bonds is 5. The predicted octanol–water partition coefficient (Wildman–Crippen LogP) is 4.19. The van der Waals surface area contributed by atoms with Crippen LogP contribution in [0.3, 0.4) is 0 Å². The molecule has 0 unspecified atom stereocenters. The number of thiophene rings is 1. The molecule has 0 aliphatic rings. The summed E-state index contributed by atoms with van der Waals surface area (Å²) in [6, 6.07) is 13.6. The molecule has 4 aromatic rings. The second-order valence-electron chi connectivity index (χ2n) is 6.04. The molecule has 0 radical (unpaired) electrons. The van der Waals surface area contributed by atoms with Crippen molar-refractivity contribution in [2.24, 2.45) is 0 Å². The quantitative estimate of drug-likeness (QED) is 0.533. The van der Waals surface area contributed by atoms with Crippen LogP contribution in [0.5, 0.6) is 11.5 Å². The van der Waals surface area contributed by atoms with Crippen molar-refractivity contribution in [2.45, 2.75) is 0 Å². The van der Waals surface area contributed by atoms with Crippen molar-refractivity contribution in [3.8, 4) is 23.0 Å². The Balaban J connectivity index is 1.65. The minimum absolute atomic E-state index is 0.172. The average Bonchev–Trinajstić information content (AvgIpc) is 3.28. The number of hydrogen-bond acceptors (Lipinski definition) is 7. The largest absolute Gasteiger partial charge is 0.493 e. The zero-order chi connectivity index (χ0) is 20.4. The predicted molar refractivity (Wildman–Crippen MR) is 111 cm³/mol. The maximum Gasteiger partial charge on any atom is 0.347 e. The first-order valence-electron chi connectivity index (χ1n) is 8.61. The highest BCUT2D eigenvalue weighted by atomic mass is 32.1. The van der Waals surface area contributed by atoms with E-state index in [1.807, 2.05) is 11.4 Å². The Bertz CT molecular complexity index is 1230. The van der Waals surface area contributed by atoms with Gasteiger partial charge in [0.05, 0.1) is 30.0 Å². The SMILES string of the molecule is COc1cc2nc(-c3ccc(NC(=O)c4cccs4)cc3)oc(=O)c2cc1OC. The first-order chi connectivity index (χ1) is 14.1. The number of ether oxygens (including phenoxy) is 2. The second kappa shape index (κ2) is 7.76. The van der Waals surface area contributed by atoms with Gasteiger partial charge in [0.1, 0.15) is 0 Å². The number of carbonyl (C=O) groups is 1. The maximum atomic E-state index is 12.4. The van der Waals surface area contributed by atoms with Crippen molar-refractivity contribution in [1.29, 1.82) is 0 Å². The van der Waals surface area contributed by atoms with E-state index >= 15 is 0 Å². The van der Waals surface area contributed by atoms with Gasteiger partial charge < -0.3 is 19.2 Å². The highest BCUT2D eigenvalue weighted by Crippen LogP contribution is 2.31. The highest BCUT2D eigenvalue weighted by Gasteiger charge is 2.14. The van der Waals surface area contributed by atoms with Crippen LogP contribution in [0.1, 0.15) is 9.67 Å². The Hall–Kier alpha value is -3.65. The van der Waals surface area contributed by atoms with Gasteiger partial charge in [-0.15, -0.1) is 11.3 Å². The zero-order valence-electron chi connectivity index (χ0n) is 15.6. The molecule has 7 nitrogen and oxygen atoms in total. The van der Waals surface area contributed by atoms with E-state index in [1.54, 1.807) is 42.5 Å². The van der Waals surface area contributed by atoms with Gasteiger partial charge in [-0.25, -0.2) is 9.78 Å². The zero-order valence-corrected chi connectivity index (χ0v) is 16.4. The van der Waals surface area contributed by atoms with Crippen molar-refractivity contribution in [2.75, 3.05) is 19.5 Å². The number of benzene rings is 2. The lowest BCUT2D eigenvalue weighted by molar-refractivity contribution is 0.103. The third kappa shape index (κ3) is 3.70. The van der Waals surface area contributed by atoms with Gasteiger partial charge in [0.2, 0.25) is 5.89 Å². The third-order valence-electron chi connectivity index (χ3n) is 4.27. The van der Waals surface area contributed by atoms with E-state index in [0.29, 0.717) is 38.5 Å². The lowest BCUT2D eigenvalue weighted by atomic mass is 10.2. The summed E-state index contributed by atoms with van der Waals surface area (Å²) in [6.07, 6.45) is 0. The normalized spacial score (nSPS) is 10.7. The Labute approximate surface area is 169 Å². The molecule has 2 aromatic carbocycles. The summed E-state index contributed by atoms with van der Waals surface area (Å²) in [4.78, 5) is 29.6. The van der Waals surface area contributed by atoms with Crippen LogP contribution in [0.2, 0.25) is 0 Å². The molecule has 0 aliphatic heterocycles. The number of anilines is 1. The van der Waals surface area contributed by atoms with Crippen LogP contribution in [-0.4, -0.2) is 25.1 Å². The molecule has 1 N–H and O–H groups in total. The number of hydrogen-bond donors (Lipinski definition) is 1. The molecule has 2 heterocycles. The second-order valence-corrected chi connectivity index (χ2v) is 6.99. The molecular weight excluding hydrogens is 392 g/mol. The standard InChI is InChI=1S/C21H16N2O5S/c1-26-16-10-14-15(11-17(16)27-2)23-20(28-21(14)25)12-5-7-13(8-6-12)22-19(24)18-4-3-9-29-18/h3-11H,1-2H3,(H,22,24). The molecule has 146 valence electrons. The molecule has 0 aliphatic carbocycles. The summed E-state index contributed by atoms with van der Waals surface area (Å²) in [5.41, 5.74) is 1.14. The molecule has 1 amide bonds. The summed E-state index contributed by atoms with van der Waals surface area (Å²) in [5.74, 6) is 0.887. The van der Waals surface area contributed by atoms with Crippen LogP contribution < -0.4 is 20.4 Å². The Morgan fingerprint density at radius 3 is 2.45 bits per heavy atom. The summed E-state index contributed by atoms with van der Waals surface area (Å²) >= 11 is 1.37. The van der Waals surface area contributed by atoms with Crippen molar-refractivity contribution < 1.29 is 18.7 Å². The van der Waals surface area contributed by atoms with Crippen LogP contribution in [0.4, 0.5) is 5.69 Å². The molecule has 0 fully saturated rings. The van der Waals surface area contributed by atoms with E-state index in [1.165, 1.54) is 25.6 Å². The third-order valence-corrected chi connectivity index (χ3v) is 5.14. The molecule has 0 saturated carbocycles. The summed E-state index contributed by atoms with van der Waals surface area (Å²) in [6.45, 7) is 0. The van der Waals surface area contributed by atoms with Gasteiger partial charge in [-0.3, -0.25) is 4.79 Å². The molecule has 0 bridgehead atoms. The van der Waals surface area contributed by atoms with E-state index in [0.717, 1.165) is 0 Å². The maximum absolute atomic E-state index is 12.4. The summed E-state index contributed by atoms with van der Waals surface area (Å²) < 4.78 is 15.9. The van der Waals surface area contributed by atoms with E-state index < -0.39 is 5.63 Å². The van der Waals surface area contributed by atoms with Crippen LogP contribution in [-0.2, 0) is 0 Å². The number of nitrogens with one attached hydrogen (secondary N) is 1. The first kappa shape index (κ1) is 18.7. The van der Waals surface area contributed by atoms with Gasteiger partial charge in [-0.2, -0.15) is 0 Å². The van der Waals surface area contributed by atoms with Crippen molar-refractivity contribution >= 4 is 33.8 Å².